The summed E-state index contributed by atoms with van der Waals surface area (Å²) in [5.41, 5.74) is 3.01. The fraction of sp³-hybridized carbons (Fsp3) is 0.333. The molecular formula is C15H18N4O2S. The highest BCUT2D eigenvalue weighted by molar-refractivity contribution is 7.13. The summed E-state index contributed by atoms with van der Waals surface area (Å²) in [5, 5.41) is 19.8. The van der Waals surface area contributed by atoms with E-state index in [1.807, 2.05) is 31.4 Å². The molecule has 0 fully saturated rings. The predicted octanol–water partition coefficient (Wildman–Crippen LogP) is 2.82. The van der Waals surface area contributed by atoms with Crippen molar-refractivity contribution in [1.82, 2.24) is 14.8 Å². The Bertz CT molecular complexity index is 746. The maximum Gasteiger partial charge on any atom is 0.162 e. The molecule has 22 heavy (non-hydrogen) atoms. The number of aliphatic hydroxyl groups is 1. The minimum absolute atomic E-state index is 0.0641. The van der Waals surface area contributed by atoms with Crippen LogP contribution in [-0.2, 0) is 13.1 Å². The first-order chi connectivity index (χ1) is 10.7. The summed E-state index contributed by atoms with van der Waals surface area (Å²) >= 11 is 1.56. The van der Waals surface area contributed by atoms with Gasteiger partial charge in [-0.2, -0.15) is 5.10 Å². The third-order valence-electron chi connectivity index (χ3n) is 3.46. The van der Waals surface area contributed by atoms with Gasteiger partial charge in [-0.15, -0.1) is 11.3 Å². The van der Waals surface area contributed by atoms with Crippen molar-refractivity contribution >= 4 is 17.2 Å². The smallest absolute Gasteiger partial charge is 0.162 e. The predicted molar refractivity (Wildman–Crippen MR) is 85.9 cm³/mol. The number of rotatable bonds is 6. The molecule has 0 aliphatic heterocycles. The molecule has 7 heteroatoms. The first-order valence-corrected chi connectivity index (χ1v) is 7.94. The summed E-state index contributed by atoms with van der Waals surface area (Å²) in [6, 6.07) is 3.76. The van der Waals surface area contributed by atoms with Gasteiger partial charge in [0.05, 0.1) is 37.3 Å². The van der Waals surface area contributed by atoms with Crippen LogP contribution in [0.25, 0.3) is 10.8 Å². The van der Waals surface area contributed by atoms with E-state index in [4.69, 9.17) is 9.52 Å². The molecule has 0 saturated carbocycles. The van der Waals surface area contributed by atoms with E-state index in [-0.39, 0.29) is 6.61 Å². The summed E-state index contributed by atoms with van der Waals surface area (Å²) < 4.78 is 7.15. The quantitative estimate of drug-likeness (QED) is 0.731. The molecule has 3 aromatic rings. The van der Waals surface area contributed by atoms with Crippen molar-refractivity contribution in [3.8, 4) is 10.8 Å². The van der Waals surface area contributed by atoms with Gasteiger partial charge in [0, 0.05) is 10.9 Å². The Morgan fingerprint density at radius 3 is 3.00 bits per heavy atom. The average Bonchev–Trinajstić information content (AvgIpc) is 3.21. The van der Waals surface area contributed by atoms with Crippen molar-refractivity contribution in [2.24, 2.45) is 0 Å². The lowest BCUT2D eigenvalue weighted by Crippen LogP contribution is -2.11. The standard InChI is InChI=1S/C15H18N4O2S/c1-10-11(2)18-19(5-6-20)14(10)16-8-12-9-22-15(17-12)13-4-3-7-21-13/h3-4,7,9,16,20H,5-6,8H2,1-2H3. The number of nitrogens with one attached hydrogen (secondary N) is 1. The molecule has 6 nitrogen and oxygen atoms in total. The summed E-state index contributed by atoms with van der Waals surface area (Å²) in [4.78, 5) is 4.56. The topological polar surface area (TPSA) is 76.1 Å². The van der Waals surface area contributed by atoms with Crippen molar-refractivity contribution in [3.63, 3.8) is 0 Å². The molecule has 0 unspecified atom stereocenters. The molecule has 0 spiro atoms. The van der Waals surface area contributed by atoms with Crippen LogP contribution in [0.5, 0.6) is 0 Å². The van der Waals surface area contributed by atoms with Crippen molar-refractivity contribution in [2.75, 3.05) is 11.9 Å². The van der Waals surface area contributed by atoms with Gasteiger partial charge in [0.1, 0.15) is 5.82 Å². The molecule has 0 aliphatic carbocycles. The van der Waals surface area contributed by atoms with Crippen LogP contribution in [0.15, 0.2) is 28.2 Å². The summed E-state index contributed by atoms with van der Waals surface area (Å²) in [7, 11) is 0. The Hall–Kier alpha value is -2.12. The van der Waals surface area contributed by atoms with Crippen molar-refractivity contribution < 1.29 is 9.52 Å². The lowest BCUT2D eigenvalue weighted by atomic mass is 10.3. The number of aliphatic hydroxyl groups excluding tert-OH is 1. The Kier molecular flexibility index (Phi) is 4.26. The molecule has 3 aromatic heterocycles. The number of aromatic nitrogens is 3. The molecule has 0 saturated heterocycles. The molecule has 0 aliphatic rings. The van der Waals surface area contributed by atoms with Crippen LogP contribution >= 0.6 is 11.3 Å². The van der Waals surface area contributed by atoms with Crippen molar-refractivity contribution in [3.05, 3.63) is 40.7 Å². The van der Waals surface area contributed by atoms with E-state index in [1.54, 1.807) is 22.3 Å². The van der Waals surface area contributed by atoms with E-state index in [0.717, 1.165) is 33.5 Å². The highest BCUT2D eigenvalue weighted by Gasteiger charge is 2.12. The fourth-order valence-corrected chi connectivity index (χ4v) is 3.01. The molecule has 3 rings (SSSR count). The van der Waals surface area contributed by atoms with E-state index >= 15 is 0 Å². The van der Waals surface area contributed by atoms with Gasteiger partial charge < -0.3 is 14.8 Å². The van der Waals surface area contributed by atoms with Crippen LogP contribution in [0.4, 0.5) is 5.82 Å². The maximum atomic E-state index is 9.13. The third kappa shape index (κ3) is 2.90. The first-order valence-electron chi connectivity index (χ1n) is 7.06. The normalized spacial score (nSPS) is 11.0. The number of furan rings is 1. The largest absolute Gasteiger partial charge is 0.462 e. The first kappa shape index (κ1) is 14.8. The maximum absolute atomic E-state index is 9.13. The van der Waals surface area contributed by atoms with Gasteiger partial charge in [-0.3, -0.25) is 0 Å². The highest BCUT2D eigenvalue weighted by atomic mass is 32.1. The van der Waals surface area contributed by atoms with E-state index in [2.05, 4.69) is 15.4 Å². The highest BCUT2D eigenvalue weighted by Crippen LogP contribution is 2.25. The molecule has 0 amide bonds. The van der Waals surface area contributed by atoms with Crippen LogP contribution in [0, 0.1) is 13.8 Å². The van der Waals surface area contributed by atoms with Crippen LogP contribution in [0.1, 0.15) is 17.0 Å². The minimum Gasteiger partial charge on any atom is -0.462 e. The number of anilines is 1. The Morgan fingerprint density at radius 2 is 2.27 bits per heavy atom. The van der Waals surface area contributed by atoms with Crippen LogP contribution in [0.2, 0.25) is 0 Å². The van der Waals surface area contributed by atoms with Gasteiger partial charge >= 0.3 is 0 Å². The molecule has 0 bridgehead atoms. The van der Waals surface area contributed by atoms with Crippen molar-refractivity contribution in [1.29, 1.82) is 0 Å². The van der Waals surface area contributed by atoms with E-state index in [9.17, 15) is 0 Å². The third-order valence-corrected chi connectivity index (χ3v) is 4.36. The van der Waals surface area contributed by atoms with Crippen LogP contribution in [0.3, 0.4) is 0 Å². The Balaban J connectivity index is 1.73. The van der Waals surface area contributed by atoms with Crippen LogP contribution < -0.4 is 5.32 Å². The lowest BCUT2D eigenvalue weighted by Gasteiger charge is -2.08. The zero-order valence-corrected chi connectivity index (χ0v) is 13.4. The Morgan fingerprint density at radius 1 is 1.41 bits per heavy atom. The minimum atomic E-state index is 0.0641. The number of nitrogens with zero attached hydrogens (tertiary/aromatic N) is 3. The average molecular weight is 318 g/mol. The van der Waals surface area contributed by atoms with Crippen molar-refractivity contribution in [2.45, 2.75) is 26.9 Å². The van der Waals surface area contributed by atoms with Gasteiger partial charge in [0.15, 0.2) is 10.8 Å². The fourth-order valence-electron chi connectivity index (χ4n) is 2.23. The van der Waals surface area contributed by atoms with E-state index in [1.165, 1.54) is 0 Å². The SMILES string of the molecule is Cc1nn(CCO)c(NCc2csc(-c3ccco3)n2)c1C. The van der Waals surface area contributed by atoms with Gasteiger partial charge in [-0.25, -0.2) is 9.67 Å². The number of thiazole rings is 1. The van der Waals surface area contributed by atoms with E-state index < -0.39 is 0 Å². The van der Waals surface area contributed by atoms with Gasteiger partial charge in [-0.05, 0) is 26.0 Å². The zero-order valence-electron chi connectivity index (χ0n) is 12.5. The molecule has 0 atom stereocenters. The second-order valence-electron chi connectivity index (χ2n) is 4.98. The summed E-state index contributed by atoms with van der Waals surface area (Å²) in [5.74, 6) is 1.72. The molecule has 2 N–H and O–H groups in total. The van der Waals surface area contributed by atoms with Gasteiger partial charge in [0.2, 0.25) is 0 Å². The second kappa shape index (κ2) is 6.33. The number of aryl methyl sites for hydroxylation is 1. The van der Waals surface area contributed by atoms with E-state index in [0.29, 0.717) is 13.1 Å². The summed E-state index contributed by atoms with van der Waals surface area (Å²) in [6.45, 7) is 5.13. The molecule has 0 aromatic carbocycles. The molecule has 0 radical (unpaired) electrons. The second-order valence-corrected chi connectivity index (χ2v) is 5.84. The van der Waals surface area contributed by atoms with Crippen LogP contribution in [-0.4, -0.2) is 26.5 Å². The molecular weight excluding hydrogens is 300 g/mol. The van der Waals surface area contributed by atoms with Gasteiger partial charge in [-0.1, -0.05) is 0 Å². The number of hydrogen-bond donors (Lipinski definition) is 2. The molecule has 3 heterocycles. The van der Waals surface area contributed by atoms with Gasteiger partial charge in [0.25, 0.3) is 0 Å². The lowest BCUT2D eigenvalue weighted by molar-refractivity contribution is 0.270. The Labute approximate surface area is 132 Å². The molecule has 116 valence electrons. The zero-order chi connectivity index (χ0) is 15.5. The summed E-state index contributed by atoms with van der Waals surface area (Å²) in [6.07, 6.45) is 1.65. The number of hydrogen-bond acceptors (Lipinski definition) is 6. The monoisotopic (exact) mass is 318 g/mol.